The predicted molar refractivity (Wildman–Crippen MR) is 62.4 cm³/mol. The van der Waals surface area contributed by atoms with Crippen molar-refractivity contribution in [2.45, 2.75) is 52.0 Å². The second-order valence-electron chi connectivity index (χ2n) is 5.03. The van der Waals surface area contributed by atoms with Crippen LogP contribution < -0.4 is 11.1 Å². The van der Waals surface area contributed by atoms with Gasteiger partial charge in [-0.15, -0.1) is 0 Å². The predicted octanol–water partition coefficient (Wildman–Crippen LogP) is 1.67. The smallest absolute Gasteiger partial charge is 0.224 e. The second-order valence-corrected chi connectivity index (χ2v) is 5.03. The van der Waals surface area contributed by atoms with Crippen molar-refractivity contribution in [1.82, 2.24) is 5.32 Å². The Morgan fingerprint density at radius 1 is 1.40 bits per heavy atom. The summed E-state index contributed by atoms with van der Waals surface area (Å²) in [5, 5.41) is 3.00. The van der Waals surface area contributed by atoms with Gasteiger partial charge in [0.2, 0.25) is 5.91 Å². The molecule has 3 N–H and O–H groups in total. The van der Waals surface area contributed by atoms with E-state index in [1.807, 2.05) is 0 Å². The van der Waals surface area contributed by atoms with E-state index in [1.54, 1.807) is 0 Å². The number of amides is 1. The molecule has 1 aliphatic rings. The fourth-order valence-corrected chi connectivity index (χ4v) is 2.10. The first kappa shape index (κ1) is 12.5. The highest BCUT2D eigenvalue weighted by Crippen LogP contribution is 2.22. The number of nitrogens with two attached hydrogens (primary N) is 1. The molecule has 1 fully saturated rings. The molecule has 2 unspecified atom stereocenters. The average molecular weight is 212 g/mol. The minimum atomic E-state index is 0.0610. The molecule has 0 radical (unpaired) electrons. The molecule has 15 heavy (non-hydrogen) atoms. The van der Waals surface area contributed by atoms with E-state index in [0.717, 1.165) is 32.2 Å². The van der Waals surface area contributed by atoms with Gasteiger partial charge in [-0.3, -0.25) is 4.79 Å². The third kappa shape index (κ3) is 4.20. The Bertz CT molecular complexity index is 204. The lowest BCUT2D eigenvalue weighted by Gasteiger charge is -2.27. The Hall–Kier alpha value is -0.570. The van der Waals surface area contributed by atoms with Crippen LogP contribution in [0.3, 0.4) is 0 Å². The van der Waals surface area contributed by atoms with E-state index in [2.05, 4.69) is 19.2 Å². The lowest BCUT2D eigenvalue weighted by Crippen LogP contribution is -2.44. The molecule has 3 nitrogen and oxygen atoms in total. The fraction of sp³-hybridized carbons (Fsp3) is 0.917. The third-order valence-electron chi connectivity index (χ3n) is 3.18. The molecule has 1 amide bonds. The summed E-state index contributed by atoms with van der Waals surface area (Å²) < 4.78 is 0. The summed E-state index contributed by atoms with van der Waals surface area (Å²) >= 11 is 0. The highest BCUT2D eigenvalue weighted by Gasteiger charge is 2.27. The monoisotopic (exact) mass is 212 g/mol. The minimum Gasteiger partial charge on any atom is -0.356 e. The molecule has 2 atom stereocenters. The Morgan fingerprint density at radius 2 is 2.07 bits per heavy atom. The van der Waals surface area contributed by atoms with E-state index >= 15 is 0 Å². The summed E-state index contributed by atoms with van der Waals surface area (Å²) in [7, 11) is 0. The molecule has 0 heterocycles. The molecule has 1 aliphatic carbocycles. The summed E-state index contributed by atoms with van der Waals surface area (Å²) in [6.45, 7) is 5.12. The second kappa shape index (κ2) is 6.11. The Labute approximate surface area is 92.8 Å². The Balaban J connectivity index is 2.26. The van der Waals surface area contributed by atoms with Gasteiger partial charge >= 0.3 is 0 Å². The van der Waals surface area contributed by atoms with Gasteiger partial charge in [0.1, 0.15) is 0 Å². The molecule has 0 aromatic rings. The van der Waals surface area contributed by atoms with Gasteiger partial charge in [0, 0.05) is 12.6 Å². The van der Waals surface area contributed by atoms with Crippen molar-refractivity contribution < 1.29 is 4.79 Å². The van der Waals surface area contributed by atoms with Gasteiger partial charge in [-0.2, -0.15) is 0 Å². The van der Waals surface area contributed by atoms with E-state index in [4.69, 9.17) is 5.73 Å². The lowest BCUT2D eigenvalue weighted by molar-refractivity contribution is -0.126. The zero-order valence-corrected chi connectivity index (χ0v) is 9.96. The fourth-order valence-electron chi connectivity index (χ4n) is 2.10. The highest BCUT2D eigenvalue weighted by molar-refractivity contribution is 5.79. The number of nitrogens with one attached hydrogen (secondary N) is 1. The first-order valence-electron chi connectivity index (χ1n) is 6.14. The third-order valence-corrected chi connectivity index (χ3v) is 3.18. The summed E-state index contributed by atoms with van der Waals surface area (Å²) in [5.74, 6) is 0.874. The van der Waals surface area contributed by atoms with Gasteiger partial charge in [0.25, 0.3) is 0 Å². The molecule has 0 bridgehead atoms. The number of carbonyl (C=O) groups excluding carboxylic acids is 1. The van der Waals surface area contributed by atoms with Crippen LogP contribution in [-0.2, 0) is 4.79 Å². The summed E-state index contributed by atoms with van der Waals surface area (Å²) in [4.78, 5) is 11.8. The number of carbonyl (C=O) groups is 1. The van der Waals surface area contributed by atoms with Crippen molar-refractivity contribution in [3.8, 4) is 0 Å². The standard InChI is InChI=1S/C12H24N2O/c1-9(2)7-8-14-12(15)10-5-3-4-6-11(10)13/h9-11H,3-8,13H2,1-2H3,(H,14,15). The van der Waals surface area contributed by atoms with Crippen LogP contribution >= 0.6 is 0 Å². The van der Waals surface area contributed by atoms with E-state index in [-0.39, 0.29) is 17.9 Å². The largest absolute Gasteiger partial charge is 0.356 e. The molecular formula is C12H24N2O. The summed E-state index contributed by atoms with van der Waals surface area (Å²) in [5.41, 5.74) is 5.95. The zero-order chi connectivity index (χ0) is 11.3. The Kier molecular flexibility index (Phi) is 5.09. The molecule has 0 aliphatic heterocycles. The van der Waals surface area contributed by atoms with Crippen molar-refractivity contribution in [3.63, 3.8) is 0 Å². The van der Waals surface area contributed by atoms with Gasteiger partial charge < -0.3 is 11.1 Å². The summed E-state index contributed by atoms with van der Waals surface area (Å²) in [6.07, 6.45) is 5.34. The SMILES string of the molecule is CC(C)CCNC(=O)C1CCCCC1N. The van der Waals surface area contributed by atoms with Crippen molar-refractivity contribution in [1.29, 1.82) is 0 Å². The maximum atomic E-state index is 11.8. The van der Waals surface area contributed by atoms with E-state index in [0.29, 0.717) is 5.92 Å². The molecule has 1 rings (SSSR count). The van der Waals surface area contributed by atoms with Crippen LogP contribution in [0.1, 0.15) is 46.0 Å². The molecule has 88 valence electrons. The minimum absolute atomic E-state index is 0.0610. The van der Waals surface area contributed by atoms with Gasteiger partial charge in [0.15, 0.2) is 0 Å². The van der Waals surface area contributed by atoms with Crippen LogP contribution in [0.4, 0.5) is 0 Å². The van der Waals surface area contributed by atoms with Gasteiger partial charge in [-0.25, -0.2) is 0 Å². The van der Waals surface area contributed by atoms with Crippen molar-refractivity contribution in [2.75, 3.05) is 6.54 Å². The average Bonchev–Trinajstić information content (AvgIpc) is 2.17. The van der Waals surface area contributed by atoms with Gasteiger partial charge in [-0.05, 0) is 25.2 Å². The van der Waals surface area contributed by atoms with Crippen LogP contribution in [-0.4, -0.2) is 18.5 Å². The van der Waals surface area contributed by atoms with E-state index in [9.17, 15) is 4.79 Å². The molecule has 1 saturated carbocycles. The van der Waals surface area contributed by atoms with Crippen molar-refractivity contribution >= 4 is 5.91 Å². The quantitative estimate of drug-likeness (QED) is 0.744. The van der Waals surface area contributed by atoms with Gasteiger partial charge in [-0.1, -0.05) is 26.7 Å². The molecule has 0 saturated heterocycles. The van der Waals surface area contributed by atoms with E-state index in [1.165, 1.54) is 6.42 Å². The molecule has 3 heteroatoms. The highest BCUT2D eigenvalue weighted by atomic mass is 16.1. The summed E-state index contributed by atoms with van der Waals surface area (Å²) in [6, 6.07) is 0.0813. The first-order chi connectivity index (χ1) is 7.11. The topological polar surface area (TPSA) is 55.1 Å². The van der Waals surface area contributed by atoms with Crippen LogP contribution in [0, 0.1) is 11.8 Å². The molecule has 0 aromatic carbocycles. The van der Waals surface area contributed by atoms with Crippen LogP contribution in [0.5, 0.6) is 0 Å². The molecule has 0 spiro atoms. The maximum Gasteiger partial charge on any atom is 0.224 e. The van der Waals surface area contributed by atoms with E-state index < -0.39 is 0 Å². The molecule has 0 aromatic heterocycles. The normalized spacial score (nSPS) is 26.7. The molecular weight excluding hydrogens is 188 g/mol. The van der Waals surface area contributed by atoms with Crippen molar-refractivity contribution in [2.24, 2.45) is 17.6 Å². The van der Waals surface area contributed by atoms with Crippen molar-refractivity contribution in [3.05, 3.63) is 0 Å². The lowest BCUT2D eigenvalue weighted by atomic mass is 9.84. The van der Waals surface area contributed by atoms with Crippen LogP contribution in [0.25, 0.3) is 0 Å². The number of hydrogen-bond acceptors (Lipinski definition) is 2. The van der Waals surface area contributed by atoms with Crippen LogP contribution in [0.2, 0.25) is 0 Å². The first-order valence-corrected chi connectivity index (χ1v) is 6.14. The maximum absolute atomic E-state index is 11.8. The zero-order valence-electron chi connectivity index (χ0n) is 9.96. The number of rotatable bonds is 4. The Morgan fingerprint density at radius 3 is 2.67 bits per heavy atom. The number of hydrogen-bond donors (Lipinski definition) is 2. The van der Waals surface area contributed by atoms with Crippen LogP contribution in [0.15, 0.2) is 0 Å². The van der Waals surface area contributed by atoms with Gasteiger partial charge in [0.05, 0.1) is 5.92 Å².